The number of para-hydroxylation sites is 1. The Morgan fingerprint density at radius 3 is 2.09 bits per heavy atom. The fraction of sp³-hybridized carbons (Fsp3) is 0.0500. The van der Waals surface area contributed by atoms with E-state index in [0.29, 0.717) is 11.3 Å². The molecule has 108 valence electrons. The molecule has 0 heterocycles. The average Bonchev–Trinajstić information content (AvgIpc) is 2.56. The van der Waals surface area contributed by atoms with Crippen LogP contribution >= 0.6 is 0 Å². The van der Waals surface area contributed by atoms with Gasteiger partial charge in [-0.1, -0.05) is 60.7 Å². The van der Waals surface area contributed by atoms with E-state index in [9.17, 15) is 4.79 Å². The Morgan fingerprint density at radius 1 is 0.773 bits per heavy atom. The number of hydrogen-bond acceptors (Lipinski definition) is 2. The minimum absolute atomic E-state index is 0.332. The summed E-state index contributed by atoms with van der Waals surface area (Å²) in [5, 5.41) is 0. The second-order valence-corrected chi connectivity index (χ2v) is 5.05. The Kier molecular flexibility index (Phi) is 4.01. The maximum Gasteiger partial charge on any atom is 0.343 e. The summed E-state index contributed by atoms with van der Waals surface area (Å²) in [7, 11) is 0. The molecule has 0 atom stereocenters. The molecular formula is C20H16O2. The molecule has 3 aromatic carbocycles. The smallest absolute Gasteiger partial charge is 0.343 e. The van der Waals surface area contributed by atoms with Crippen molar-refractivity contribution in [1.29, 1.82) is 0 Å². The van der Waals surface area contributed by atoms with Gasteiger partial charge in [-0.3, -0.25) is 0 Å². The van der Waals surface area contributed by atoms with Gasteiger partial charge < -0.3 is 4.74 Å². The van der Waals surface area contributed by atoms with E-state index in [1.807, 2.05) is 67.6 Å². The Labute approximate surface area is 130 Å². The molecule has 0 spiro atoms. The molecule has 0 amide bonds. The van der Waals surface area contributed by atoms with E-state index in [1.165, 1.54) is 0 Å². The molecule has 0 saturated carbocycles. The van der Waals surface area contributed by atoms with Crippen LogP contribution in [0.25, 0.3) is 11.1 Å². The summed E-state index contributed by atoms with van der Waals surface area (Å²) in [4.78, 5) is 12.4. The summed E-state index contributed by atoms with van der Waals surface area (Å²) >= 11 is 0. The third kappa shape index (κ3) is 2.91. The summed E-state index contributed by atoms with van der Waals surface area (Å²) in [6.07, 6.45) is 0. The van der Waals surface area contributed by atoms with Gasteiger partial charge >= 0.3 is 5.97 Å². The molecule has 2 nitrogen and oxygen atoms in total. The largest absolute Gasteiger partial charge is 0.423 e. The van der Waals surface area contributed by atoms with E-state index in [1.54, 1.807) is 18.2 Å². The SMILES string of the molecule is Cc1c(C(=O)Oc2ccccc2)cccc1-c1ccccc1. The minimum Gasteiger partial charge on any atom is -0.423 e. The lowest BCUT2D eigenvalue weighted by atomic mass is 9.96. The number of ether oxygens (including phenoxy) is 1. The van der Waals surface area contributed by atoms with Crippen molar-refractivity contribution in [3.05, 3.63) is 90.0 Å². The second kappa shape index (κ2) is 6.27. The van der Waals surface area contributed by atoms with Crippen LogP contribution in [-0.2, 0) is 0 Å². The van der Waals surface area contributed by atoms with Crippen LogP contribution in [0.1, 0.15) is 15.9 Å². The first-order chi connectivity index (χ1) is 10.8. The molecule has 0 saturated heterocycles. The zero-order valence-electron chi connectivity index (χ0n) is 12.3. The summed E-state index contributed by atoms with van der Waals surface area (Å²) in [5.74, 6) is 0.221. The maximum absolute atomic E-state index is 12.4. The van der Waals surface area contributed by atoms with E-state index in [2.05, 4.69) is 0 Å². The van der Waals surface area contributed by atoms with Crippen LogP contribution < -0.4 is 4.74 Å². The number of carbonyl (C=O) groups is 1. The molecule has 0 bridgehead atoms. The highest BCUT2D eigenvalue weighted by Crippen LogP contribution is 2.26. The second-order valence-electron chi connectivity index (χ2n) is 5.05. The molecule has 0 unspecified atom stereocenters. The topological polar surface area (TPSA) is 26.3 Å². The van der Waals surface area contributed by atoms with Crippen molar-refractivity contribution in [2.75, 3.05) is 0 Å². The molecule has 0 aliphatic heterocycles. The predicted octanol–water partition coefficient (Wildman–Crippen LogP) is 4.88. The number of carbonyl (C=O) groups excluding carboxylic acids is 1. The first-order valence-corrected chi connectivity index (χ1v) is 7.18. The highest BCUT2D eigenvalue weighted by atomic mass is 16.5. The van der Waals surface area contributed by atoms with Crippen molar-refractivity contribution in [3.63, 3.8) is 0 Å². The van der Waals surface area contributed by atoms with Gasteiger partial charge in [-0.15, -0.1) is 0 Å². The Balaban J connectivity index is 1.93. The van der Waals surface area contributed by atoms with Crippen molar-refractivity contribution in [2.24, 2.45) is 0 Å². The lowest BCUT2D eigenvalue weighted by Crippen LogP contribution is -2.10. The molecule has 3 rings (SSSR count). The van der Waals surface area contributed by atoms with Gasteiger partial charge in [0.05, 0.1) is 5.56 Å². The van der Waals surface area contributed by atoms with Crippen molar-refractivity contribution in [1.82, 2.24) is 0 Å². The Morgan fingerprint density at radius 2 is 1.41 bits per heavy atom. The number of benzene rings is 3. The summed E-state index contributed by atoms with van der Waals surface area (Å²) in [6, 6.07) is 24.9. The van der Waals surface area contributed by atoms with Crippen LogP contribution in [0.5, 0.6) is 5.75 Å². The fourth-order valence-electron chi connectivity index (χ4n) is 2.44. The summed E-state index contributed by atoms with van der Waals surface area (Å²) < 4.78 is 5.43. The van der Waals surface area contributed by atoms with Crippen molar-refractivity contribution < 1.29 is 9.53 Å². The van der Waals surface area contributed by atoms with Gasteiger partial charge in [0, 0.05) is 0 Å². The van der Waals surface area contributed by atoms with Gasteiger partial charge in [0.15, 0.2) is 0 Å². The van der Waals surface area contributed by atoms with Crippen LogP contribution in [0.2, 0.25) is 0 Å². The van der Waals surface area contributed by atoms with Crippen LogP contribution in [0.15, 0.2) is 78.9 Å². The molecule has 22 heavy (non-hydrogen) atoms. The normalized spacial score (nSPS) is 10.2. The molecular weight excluding hydrogens is 272 g/mol. The van der Waals surface area contributed by atoms with Crippen LogP contribution in [0.3, 0.4) is 0 Å². The molecule has 0 aliphatic rings. The third-order valence-corrected chi connectivity index (χ3v) is 3.59. The van der Waals surface area contributed by atoms with Gasteiger partial charge in [0.2, 0.25) is 0 Å². The number of rotatable bonds is 3. The van der Waals surface area contributed by atoms with Crippen LogP contribution in [0, 0.1) is 6.92 Å². The van der Waals surface area contributed by atoms with E-state index < -0.39 is 0 Å². The molecule has 0 N–H and O–H groups in total. The molecule has 3 aromatic rings. The van der Waals surface area contributed by atoms with Gasteiger partial charge in [0.25, 0.3) is 0 Å². The Bertz CT molecular complexity index is 777. The predicted molar refractivity (Wildman–Crippen MR) is 88.0 cm³/mol. The molecule has 0 aromatic heterocycles. The van der Waals surface area contributed by atoms with Crippen molar-refractivity contribution in [2.45, 2.75) is 6.92 Å². The first kappa shape index (κ1) is 14.1. The lowest BCUT2D eigenvalue weighted by molar-refractivity contribution is 0.0734. The van der Waals surface area contributed by atoms with E-state index >= 15 is 0 Å². The number of hydrogen-bond donors (Lipinski definition) is 0. The van der Waals surface area contributed by atoms with Crippen LogP contribution in [-0.4, -0.2) is 5.97 Å². The van der Waals surface area contributed by atoms with E-state index in [-0.39, 0.29) is 5.97 Å². The monoisotopic (exact) mass is 288 g/mol. The summed E-state index contributed by atoms with van der Waals surface area (Å²) in [6.45, 7) is 1.95. The zero-order valence-corrected chi connectivity index (χ0v) is 12.3. The highest BCUT2D eigenvalue weighted by molar-refractivity contribution is 5.94. The Hall–Kier alpha value is -2.87. The van der Waals surface area contributed by atoms with Gasteiger partial charge in [0.1, 0.15) is 5.75 Å². The molecule has 0 aliphatic carbocycles. The van der Waals surface area contributed by atoms with Crippen molar-refractivity contribution >= 4 is 5.97 Å². The highest BCUT2D eigenvalue weighted by Gasteiger charge is 2.14. The average molecular weight is 288 g/mol. The van der Waals surface area contributed by atoms with Gasteiger partial charge in [-0.25, -0.2) is 4.79 Å². The third-order valence-electron chi connectivity index (χ3n) is 3.59. The first-order valence-electron chi connectivity index (χ1n) is 7.18. The summed E-state index contributed by atoms with van der Waals surface area (Å²) in [5.41, 5.74) is 3.65. The fourth-order valence-corrected chi connectivity index (χ4v) is 2.44. The standard InChI is InChI=1S/C20H16O2/c1-15-18(16-9-4-2-5-10-16)13-8-14-19(15)20(21)22-17-11-6-3-7-12-17/h2-14H,1H3. The van der Waals surface area contributed by atoms with Crippen LogP contribution in [0.4, 0.5) is 0 Å². The van der Waals surface area contributed by atoms with E-state index in [4.69, 9.17) is 4.74 Å². The lowest BCUT2D eigenvalue weighted by Gasteiger charge is -2.11. The van der Waals surface area contributed by atoms with Crippen molar-refractivity contribution in [3.8, 4) is 16.9 Å². The quantitative estimate of drug-likeness (QED) is 0.507. The van der Waals surface area contributed by atoms with E-state index in [0.717, 1.165) is 16.7 Å². The van der Waals surface area contributed by atoms with Gasteiger partial charge in [-0.2, -0.15) is 0 Å². The number of esters is 1. The zero-order chi connectivity index (χ0) is 15.4. The van der Waals surface area contributed by atoms with Gasteiger partial charge in [-0.05, 0) is 41.8 Å². The maximum atomic E-state index is 12.4. The molecule has 0 fully saturated rings. The molecule has 2 heteroatoms. The minimum atomic E-state index is -0.332. The molecule has 0 radical (unpaired) electrons.